The number of para-hydroxylation sites is 1. The van der Waals surface area contributed by atoms with E-state index in [1.54, 1.807) is 0 Å². The Hall–Kier alpha value is -1.60. The van der Waals surface area contributed by atoms with E-state index in [0.29, 0.717) is 4.34 Å². The second-order valence-corrected chi connectivity index (χ2v) is 5.97. The SMILES string of the molecule is O=C(O)CC(Sc1nc2ccccc2s1)C(=O)O. The van der Waals surface area contributed by atoms with Crippen LogP contribution in [0.15, 0.2) is 28.6 Å². The van der Waals surface area contributed by atoms with E-state index in [1.807, 2.05) is 24.3 Å². The van der Waals surface area contributed by atoms with Crippen LogP contribution in [0, 0.1) is 0 Å². The zero-order chi connectivity index (χ0) is 13.1. The second-order valence-electron chi connectivity index (χ2n) is 3.49. The minimum absolute atomic E-state index is 0.421. The van der Waals surface area contributed by atoms with Crippen LogP contribution in [0.2, 0.25) is 0 Å². The fourth-order valence-electron chi connectivity index (χ4n) is 1.36. The average molecular weight is 283 g/mol. The third-order valence-electron chi connectivity index (χ3n) is 2.15. The first kappa shape index (κ1) is 12.8. The van der Waals surface area contributed by atoms with Crippen LogP contribution >= 0.6 is 23.1 Å². The summed E-state index contributed by atoms with van der Waals surface area (Å²) in [6, 6.07) is 7.45. The highest BCUT2D eigenvalue weighted by Crippen LogP contribution is 2.33. The zero-order valence-electron chi connectivity index (χ0n) is 9.07. The summed E-state index contributed by atoms with van der Waals surface area (Å²) >= 11 is 2.34. The van der Waals surface area contributed by atoms with E-state index in [-0.39, 0.29) is 0 Å². The summed E-state index contributed by atoms with van der Waals surface area (Å²) in [6.45, 7) is 0. The Balaban J connectivity index is 2.20. The number of thioether (sulfide) groups is 1. The molecule has 0 aliphatic carbocycles. The number of hydrogen-bond acceptors (Lipinski definition) is 5. The van der Waals surface area contributed by atoms with Crippen LogP contribution in [-0.4, -0.2) is 32.4 Å². The predicted molar refractivity (Wildman–Crippen MR) is 69.2 cm³/mol. The lowest BCUT2D eigenvalue weighted by Gasteiger charge is -2.06. The van der Waals surface area contributed by atoms with Crippen molar-refractivity contribution in [1.82, 2.24) is 4.98 Å². The van der Waals surface area contributed by atoms with Gasteiger partial charge < -0.3 is 10.2 Å². The largest absolute Gasteiger partial charge is 0.481 e. The van der Waals surface area contributed by atoms with Crippen molar-refractivity contribution in [1.29, 1.82) is 0 Å². The molecule has 1 aromatic carbocycles. The van der Waals surface area contributed by atoms with Gasteiger partial charge in [0, 0.05) is 0 Å². The molecule has 0 amide bonds. The maximum Gasteiger partial charge on any atom is 0.317 e. The standard InChI is InChI=1S/C11H9NO4S2/c13-9(14)5-8(10(15)16)18-11-12-6-3-1-2-4-7(6)17-11/h1-4,8H,5H2,(H,13,14)(H,15,16). The van der Waals surface area contributed by atoms with E-state index < -0.39 is 23.6 Å². The van der Waals surface area contributed by atoms with Gasteiger partial charge in [0.1, 0.15) is 5.25 Å². The van der Waals surface area contributed by atoms with Crippen LogP contribution in [-0.2, 0) is 9.59 Å². The smallest absolute Gasteiger partial charge is 0.317 e. The van der Waals surface area contributed by atoms with Crippen molar-refractivity contribution in [2.24, 2.45) is 0 Å². The van der Waals surface area contributed by atoms with E-state index in [0.717, 1.165) is 22.0 Å². The fourth-order valence-corrected chi connectivity index (χ4v) is 3.59. The van der Waals surface area contributed by atoms with E-state index >= 15 is 0 Å². The monoisotopic (exact) mass is 283 g/mol. The molecule has 18 heavy (non-hydrogen) atoms. The van der Waals surface area contributed by atoms with E-state index in [4.69, 9.17) is 10.2 Å². The summed E-state index contributed by atoms with van der Waals surface area (Å²) in [5.41, 5.74) is 0.796. The molecule has 2 aromatic rings. The average Bonchev–Trinajstić information content (AvgIpc) is 2.69. The van der Waals surface area contributed by atoms with E-state index in [9.17, 15) is 9.59 Å². The summed E-state index contributed by atoms with van der Waals surface area (Å²) in [6.07, 6.45) is -0.421. The summed E-state index contributed by atoms with van der Waals surface area (Å²) in [7, 11) is 0. The number of aromatic nitrogens is 1. The number of hydrogen-bond donors (Lipinski definition) is 2. The molecule has 1 aromatic heterocycles. The number of carboxylic acids is 2. The molecule has 0 bridgehead atoms. The molecule has 7 heteroatoms. The van der Waals surface area contributed by atoms with Gasteiger partial charge in [-0.1, -0.05) is 23.9 Å². The van der Waals surface area contributed by atoms with E-state index in [1.165, 1.54) is 11.3 Å². The van der Waals surface area contributed by atoms with Crippen LogP contribution in [0.1, 0.15) is 6.42 Å². The van der Waals surface area contributed by atoms with Crippen molar-refractivity contribution in [3.63, 3.8) is 0 Å². The van der Waals surface area contributed by atoms with Crippen molar-refractivity contribution in [3.05, 3.63) is 24.3 Å². The number of carbonyl (C=O) groups is 2. The van der Waals surface area contributed by atoms with Crippen molar-refractivity contribution in [2.45, 2.75) is 16.0 Å². The minimum Gasteiger partial charge on any atom is -0.481 e. The van der Waals surface area contributed by atoms with Crippen molar-refractivity contribution in [2.75, 3.05) is 0 Å². The topological polar surface area (TPSA) is 87.5 Å². The highest BCUT2D eigenvalue weighted by molar-refractivity contribution is 8.02. The molecular formula is C11H9NO4S2. The third kappa shape index (κ3) is 2.99. The van der Waals surface area contributed by atoms with Crippen molar-refractivity contribution < 1.29 is 19.8 Å². The number of rotatable bonds is 5. The number of carboxylic acid groups (broad SMARTS) is 2. The highest BCUT2D eigenvalue weighted by atomic mass is 32.2. The molecule has 1 atom stereocenters. The predicted octanol–water partition coefficient (Wildman–Crippen LogP) is 2.32. The van der Waals surface area contributed by atoms with Crippen LogP contribution < -0.4 is 0 Å². The van der Waals surface area contributed by atoms with Gasteiger partial charge in [0.25, 0.3) is 0 Å². The summed E-state index contributed by atoms with van der Waals surface area (Å²) in [5, 5.41) is 16.6. The van der Waals surface area contributed by atoms with Crippen LogP contribution in [0.5, 0.6) is 0 Å². The Morgan fingerprint density at radius 2 is 2.06 bits per heavy atom. The second kappa shape index (κ2) is 5.36. The number of thiazole rings is 1. The van der Waals surface area contributed by atoms with Crippen LogP contribution in [0.3, 0.4) is 0 Å². The molecule has 0 saturated carbocycles. The molecule has 0 aliphatic rings. The number of fused-ring (bicyclic) bond motifs is 1. The van der Waals surface area contributed by atoms with Gasteiger partial charge in [-0.3, -0.25) is 9.59 Å². The molecule has 0 aliphatic heterocycles. The number of benzene rings is 1. The number of nitrogens with zero attached hydrogens (tertiary/aromatic N) is 1. The maximum absolute atomic E-state index is 10.9. The Bertz CT molecular complexity index is 562. The highest BCUT2D eigenvalue weighted by Gasteiger charge is 2.23. The molecule has 0 saturated heterocycles. The van der Waals surface area contributed by atoms with Gasteiger partial charge in [0.15, 0.2) is 4.34 Å². The summed E-state index contributed by atoms with van der Waals surface area (Å²) < 4.78 is 1.53. The first-order chi connectivity index (χ1) is 8.56. The van der Waals surface area contributed by atoms with Gasteiger partial charge in [0.05, 0.1) is 16.6 Å². The maximum atomic E-state index is 10.9. The van der Waals surface area contributed by atoms with Gasteiger partial charge in [-0.25, -0.2) is 4.98 Å². The van der Waals surface area contributed by atoms with Crippen LogP contribution in [0.25, 0.3) is 10.2 Å². The van der Waals surface area contributed by atoms with Gasteiger partial charge in [-0.2, -0.15) is 0 Å². The van der Waals surface area contributed by atoms with Crippen LogP contribution in [0.4, 0.5) is 0 Å². The normalized spacial score (nSPS) is 12.4. The van der Waals surface area contributed by atoms with Gasteiger partial charge >= 0.3 is 11.9 Å². The van der Waals surface area contributed by atoms with Gasteiger partial charge in [-0.15, -0.1) is 11.3 Å². The Kier molecular flexibility index (Phi) is 3.83. The molecule has 94 valence electrons. The Labute approximate surface area is 110 Å². The minimum atomic E-state index is -1.14. The lowest BCUT2D eigenvalue weighted by molar-refractivity contribution is -0.142. The lowest BCUT2D eigenvalue weighted by Crippen LogP contribution is -2.20. The van der Waals surface area contributed by atoms with Crippen molar-refractivity contribution >= 4 is 45.3 Å². The Morgan fingerprint density at radius 3 is 2.67 bits per heavy atom. The third-order valence-corrected chi connectivity index (χ3v) is 4.47. The molecule has 0 fully saturated rings. The molecular weight excluding hydrogens is 274 g/mol. The summed E-state index contributed by atoms with van der Waals surface area (Å²) in [4.78, 5) is 25.8. The molecule has 0 radical (unpaired) electrons. The van der Waals surface area contributed by atoms with E-state index in [2.05, 4.69) is 4.98 Å². The van der Waals surface area contributed by atoms with Crippen molar-refractivity contribution in [3.8, 4) is 0 Å². The molecule has 1 heterocycles. The molecule has 1 unspecified atom stereocenters. The summed E-state index contributed by atoms with van der Waals surface area (Å²) in [5.74, 6) is -2.27. The molecule has 2 N–H and O–H groups in total. The first-order valence-electron chi connectivity index (χ1n) is 5.03. The lowest BCUT2D eigenvalue weighted by atomic mass is 10.3. The fraction of sp³-hybridized carbons (Fsp3) is 0.182. The number of aliphatic carboxylic acids is 2. The Morgan fingerprint density at radius 1 is 1.33 bits per heavy atom. The first-order valence-corrected chi connectivity index (χ1v) is 6.72. The zero-order valence-corrected chi connectivity index (χ0v) is 10.7. The molecule has 5 nitrogen and oxygen atoms in total. The van der Waals surface area contributed by atoms with Gasteiger partial charge in [0.2, 0.25) is 0 Å². The van der Waals surface area contributed by atoms with Gasteiger partial charge in [-0.05, 0) is 12.1 Å². The quantitative estimate of drug-likeness (QED) is 0.819. The molecule has 2 rings (SSSR count). The molecule has 0 spiro atoms.